The van der Waals surface area contributed by atoms with E-state index in [9.17, 15) is 0 Å². The molecule has 0 aliphatic rings. The van der Waals surface area contributed by atoms with E-state index >= 15 is 0 Å². The molecule has 2 rings (SSSR count). The molecule has 2 aromatic carbocycles. The van der Waals surface area contributed by atoms with E-state index in [0.717, 1.165) is 0 Å². The van der Waals surface area contributed by atoms with E-state index in [1.54, 1.807) is 0 Å². The van der Waals surface area contributed by atoms with E-state index in [4.69, 9.17) is 0 Å². The topological polar surface area (TPSA) is 0 Å². The third kappa shape index (κ3) is 3.26. The van der Waals surface area contributed by atoms with Crippen molar-refractivity contribution in [3.63, 3.8) is 0 Å². The Morgan fingerprint density at radius 2 is 1.42 bits per heavy atom. The van der Waals surface area contributed by atoms with Gasteiger partial charge in [0.15, 0.2) is 0 Å². The molecule has 1 atom stereocenters. The van der Waals surface area contributed by atoms with Crippen LogP contribution in [0.1, 0.15) is 53.5 Å². The molecule has 0 heteroatoms. The molecule has 0 bridgehead atoms. The van der Waals surface area contributed by atoms with Crippen LogP contribution in [0.4, 0.5) is 0 Å². The number of hydrogen-bond donors (Lipinski definition) is 0. The summed E-state index contributed by atoms with van der Waals surface area (Å²) >= 11 is 0. The van der Waals surface area contributed by atoms with Gasteiger partial charge in [-0.1, -0.05) is 61.4 Å². The van der Waals surface area contributed by atoms with Crippen LogP contribution in [0.2, 0.25) is 0 Å². The summed E-state index contributed by atoms with van der Waals surface area (Å²) in [5.74, 6) is 0.532. The fourth-order valence-electron chi connectivity index (χ4n) is 2.59. The number of benzene rings is 2. The normalized spacial score (nSPS) is 12.4. The van der Waals surface area contributed by atoms with E-state index in [1.807, 2.05) is 0 Å². The van der Waals surface area contributed by atoms with Crippen molar-refractivity contribution >= 4 is 0 Å². The zero-order valence-electron chi connectivity index (χ0n) is 12.5. The van der Waals surface area contributed by atoms with Gasteiger partial charge >= 0.3 is 0 Å². The lowest BCUT2D eigenvalue weighted by atomic mass is 9.86. The molecule has 100 valence electrons. The molecule has 0 aromatic heterocycles. The highest BCUT2D eigenvalue weighted by Crippen LogP contribution is 2.30. The van der Waals surface area contributed by atoms with Crippen LogP contribution < -0.4 is 0 Å². The second-order valence-corrected chi connectivity index (χ2v) is 5.60. The van der Waals surface area contributed by atoms with Crippen LogP contribution in [0.3, 0.4) is 0 Å². The lowest BCUT2D eigenvalue weighted by Gasteiger charge is -2.19. The molecule has 0 spiro atoms. The molecule has 2 aromatic rings. The van der Waals surface area contributed by atoms with Crippen LogP contribution in [-0.2, 0) is 0 Å². The average molecular weight is 252 g/mol. The lowest BCUT2D eigenvalue weighted by molar-refractivity contribution is 0.697. The summed E-state index contributed by atoms with van der Waals surface area (Å²) < 4.78 is 0. The molecular weight excluding hydrogens is 228 g/mol. The van der Waals surface area contributed by atoms with Crippen LogP contribution in [-0.4, -0.2) is 0 Å². The van der Waals surface area contributed by atoms with E-state index in [1.165, 1.54) is 40.7 Å². The van der Waals surface area contributed by atoms with Crippen molar-refractivity contribution in [1.29, 1.82) is 0 Å². The predicted molar refractivity (Wildman–Crippen MR) is 83.8 cm³/mol. The highest BCUT2D eigenvalue weighted by Gasteiger charge is 2.13. The molecule has 0 N–H and O–H groups in total. The molecule has 1 unspecified atom stereocenters. The van der Waals surface area contributed by atoms with Crippen molar-refractivity contribution in [1.82, 2.24) is 0 Å². The minimum atomic E-state index is 0.532. The minimum Gasteiger partial charge on any atom is -0.0653 e. The second-order valence-electron chi connectivity index (χ2n) is 5.60. The fourth-order valence-corrected chi connectivity index (χ4v) is 2.59. The van der Waals surface area contributed by atoms with Crippen molar-refractivity contribution in [2.45, 2.75) is 46.5 Å². The molecule has 19 heavy (non-hydrogen) atoms. The monoisotopic (exact) mass is 252 g/mol. The van der Waals surface area contributed by atoms with Crippen molar-refractivity contribution in [2.75, 3.05) is 0 Å². The third-order valence-corrected chi connectivity index (χ3v) is 3.99. The smallest absolute Gasteiger partial charge is 0.00893 e. The van der Waals surface area contributed by atoms with E-state index < -0.39 is 0 Å². The second kappa shape index (κ2) is 6.06. The summed E-state index contributed by atoms with van der Waals surface area (Å²) in [6.45, 7) is 8.80. The quantitative estimate of drug-likeness (QED) is 0.669. The van der Waals surface area contributed by atoms with Gasteiger partial charge in [-0.3, -0.25) is 0 Å². The first-order chi connectivity index (χ1) is 9.11. The molecule has 0 aliphatic carbocycles. The molecule has 0 nitrogen and oxygen atoms in total. The number of rotatable bonds is 4. The van der Waals surface area contributed by atoms with E-state index in [-0.39, 0.29) is 0 Å². The SMILES string of the molecule is CCCC(c1ccc(C)cc1)c1ccc(C)c(C)c1. The third-order valence-electron chi connectivity index (χ3n) is 3.99. The maximum atomic E-state index is 2.36. The van der Waals surface area contributed by atoms with E-state index in [2.05, 4.69) is 70.2 Å². The summed E-state index contributed by atoms with van der Waals surface area (Å²) in [5, 5.41) is 0. The Kier molecular flexibility index (Phi) is 4.42. The number of aryl methyl sites for hydroxylation is 3. The first kappa shape index (κ1) is 13.9. The summed E-state index contributed by atoms with van der Waals surface area (Å²) in [6, 6.07) is 15.9. The standard InChI is InChI=1S/C19H24/c1-5-6-19(17-10-7-14(2)8-11-17)18-12-9-15(3)16(4)13-18/h7-13,19H,5-6H2,1-4H3. The molecule has 0 aliphatic heterocycles. The Bertz CT molecular complexity index is 534. The molecule has 0 heterocycles. The van der Waals surface area contributed by atoms with Crippen molar-refractivity contribution in [3.05, 3.63) is 70.3 Å². The maximum absolute atomic E-state index is 2.36. The van der Waals surface area contributed by atoms with Crippen LogP contribution in [0, 0.1) is 20.8 Å². The Morgan fingerprint density at radius 3 is 2.00 bits per heavy atom. The van der Waals surface area contributed by atoms with Gasteiger partial charge in [-0.05, 0) is 49.4 Å². The Balaban J connectivity index is 2.38. The molecule has 0 saturated heterocycles. The van der Waals surface area contributed by atoms with Gasteiger partial charge in [-0.2, -0.15) is 0 Å². The van der Waals surface area contributed by atoms with Gasteiger partial charge < -0.3 is 0 Å². The lowest BCUT2D eigenvalue weighted by Crippen LogP contribution is -2.02. The minimum absolute atomic E-state index is 0.532. The highest BCUT2D eigenvalue weighted by molar-refractivity contribution is 5.38. The van der Waals surface area contributed by atoms with Gasteiger partial charge in [0, 0.05) is 5.92 Å². The van der Waals surface area contributed by atoms with Crippen molar-refractivity contribution in [2.24, 2.45) is 0 Å². The zero-order chi connectivity index (χ0) is 13.8. The Labute approximate surface area is 117 Å². The molecule has 0 saturated carbocycles. The van der Waals surface area contributed by atoms with Crippen molar-refractivity contribution in [3.8, 4) is 0 Å². The van der Waals surface area contributed by atoms with Gasteiger partial charge in [0.1, 0.15) is 0 Å². The largest absolute Gasteiger partial charge is 0.0653 e. The summed E-state index contributed by atoms with van der Waals surface area (Å²) in [7, 11) is 0. The summed E-state index contributed by atoms with van der Waals surface area (Å²) in [5.41, 5.74) is 7.00. The molecule has 0 fully saturated rings. The van der Waals surface area contributed by atoms with Crippen LogP contribution in [0.5, 0.6) is 0 Å². The van der Waals surface area contributed by atoms with Gasteiger partial charge in [0.05, 0.1) is 0 Å². The first-order valence-corrected chi connectivity index (χ1v) is 7.25. The van der Waals surface area contributed by atoms with Crippen molar-refractivity contribution < 1.29 is 0 Å². The molecular formula is C19H24. The number of hydrogen-bond acceptors (Lipinski definition) is 0. The first-order valence-electron chi connectivity index (χ1n) is 7.25. The summed E-state index contributed by atoms with van der Waals surface area (Å²) in [6.07, 6.45) is 2.43. The molecule has 0 amide bonds. The van der Waals surface area contributed by atoms with Gasteiger partial charge in [-0.15, -0.1) is 0 Å². The van der Waals surface area contributed by atoms with Gasteiger partial charge in [0.2, 0.25) is 0 Å². The Morgan fingerprint density at radius 1 is 0.789 bits per heavy atom. The maximum Gasteiger partial charge on any atom is 0.00893 e. The highest BCUT2D eigenvalue weighted by atomic mass is 14.2. The van der Waals surface area contributed by atoms with E-state index in [0.29, 0.717) is 5.92 Å². The van der Waals surface area contributed by atoms with Crippen LogP contribution in [0.15, 0.2) is 42.5 Å². The van der Waals surface area contributed by atoms with Crippen LogP contribution >= 0.6 is 0 Å². The molecule has 0 radical (unpaired) electrons. The van der Waals surface area contributed by atoms with Crippen LogP contribution in [0.25, 0.3) is 0 Å². The van der Waals surface area contributed by atoms with Gasteiger partial charge in [0.25, 0.3) is 0 Å². The fraction of sp³-hybridized carbons (Fsp3) is 0.368. The average Bonchev–Trinajstić information content (AvgIpc) is 2.41. The Hall–Kier alpha value is -1.56. The predicted octanol–water partition coefficient (Wildman–Crippen LogP) is 5.54. The summed E-state index contributed by atoms with van der Waals surface area (Å²) in [4.78, 5) is 0. The van der Waals surface area contributed by atoms with Gasteiger partial charge in [-0.25, -0.2) is 0 Å². The zero-order valence-corrected chi connectivity index (χ0v) is 12.5.